The molecule has 2 aromatic carbocycles. The predicted octanol–water partition coefficient (Wildman–Crippen LogP) is 5.36. The number of hydrogen-bond acceptors (Lipinski definition) is 2. The van der Waals surface area contributed by atoms with E-state index in [2.05, 4.69) is 99.7 Å². The van der Waals surface area contributed by atoms with E-state index >= 15 is 0 Å². The molecule has 30 heavy (non-hydrogen) atoms. The van der Waals surface area contributed by atoms with Gasteiger partial charge in [0.15, 0.2) is 5.11 Å². The molecule has 2 aromatic heterocycles. The van der Waals surface area contributed by atoms with Crippen LogP contribution in [-0.2, 0) is 0 Å². The zero-order chi connectivity index (χ0) is 20.5. The molecule has 3 heterocycles. The summed E-state index contributed by atoms with van der Waals surface area (Å²) < 4.78 is 2.15. The molecule has 2 atom stereocenters. The fourth-order valence-electron chi connectivity index (χ4n) is 4.03. The number of nitrogens with one attached hydrogen (secondary N) is 1. The van der Waals surface area contributed by atoms with E-state index in [1.807, 2.05) is 24.4 Å². The molecule has 5 rings (SSSR count). The average molecular weight is 411 g/mol. The van der Waals surface area contributed by atoms with Gasteiger partial charge in [0.25, 0.3) is 0 Å². The molecule has 4 nitrogen and oxygen atoms in total. The first kappa shape index (κ1) is 18.6. The highest BCUT2D eigenvalue weighted by atomic mass is 32.1. The molecular formula is C25H22N4S. The van der Waals surface area contributed by atoms with Crippen molar-refractivity contribution in [2.24, 2.45) is 0 Å². The van der Waals surface area contributed by atoms with E-state index in [0.29, 0.717) is 5.11 Å². The van der Waals surface area contributed by atoms with Gasteiger partial charge in [0.05, 0.1) is 17.8 Å². The molecule has 1 fully saturated rings. The molecule has 148 valence electrons. The van der Waals surface area contributed by atoms with Crippen LogP contribution in [0.25, 0.3) is 5.69 Å². The van der Waals surface area contributed by atoms with Crippen molar-refractivity contribution in [3.05, 3.63) is 114 Å². The van der Waals surface area contributed by atoms with Gasteiger partial charge < -0.3 is 14.8 Å². The lowest BCUT2D eigenvalue weighted by Crippen LogP contribution is -2.29. The lowest BCUT2D eigenvalue weighted by molar-refractivity contribution is 0.568. The van der Waals surface area contributed by atoms with Crippen molar-refractivity contribution in [2.45, 2.75) is 19.0 Å². The largest absolute Gasteiger partial charge is 0.351 e. The maximum absolute atomic E-state index is 5.79. The third kappa shape index (κ3) is 3.37. The van der Waals surface area contributed by atoms with Crippen LogP contribution in [0.1, 0.15) is 28.9 Å². The first-order valence-electron chi connectivity index (χ1n) is 10.0. The lowest BCUT2D eigenvalue weighted by atomic mass is 9.98. The number of benzene rings is 2. The second-order valence-corrected chi connectivity index (χ2v) is 7.91. The Morgan fingerprint density at radius 2 is 1.63 bits per heavy atom. The quantitative estimate of drug-likeness (QED) is 0.459. The van der Waals surface area contributed by atoms with Crippen LogP contribution < -0.4 is 10.2 Å². The Kier molecular flexibility index (Phi) is 4.81. The first-order valence-corrected chi connectivity index (χ1v) is 10.4. The van der Waals surface area contributed by atoms with Crippen LogP contribution in [0.15, 0.2) is 97.5 Å². The van der Waals surface area contributed by atoms with Gasteiger partial charge in [-0.2, -0.15) is 0 Å². The van der Waals surface area contributed by atoms with Gasteiger partial charge in [0.2, 0.25) is 0 Å². The normalized spacial score (nSPS) is 18.4. The van der Waals surface area contributed by atoms with Crippen LogP contribution in [0.4, 0.5) is 5.69 Å². The zero-order valence-corrected chi connectivity index (χ0v) is 17.5. The van der Waals surface area contributed by atoms with E-state index in [4.69, 9.17) is 12.2 Å². The second-order valence-electron chi connectivity index (χ2n) is 7.52. The number of rotatable bonds is 4. The molecule has 5 heteroatoms. The summed E-state index contributed by atoms with van der Waals surface area (Å²) in [7, 11) is 0. The molecule has 1 aliphatic rings. The van der Waals surface area contributed by atoms with Gasteiger partial charge in [-0.05, 0) is 67.2 Å². The molecule has 0 saturated carbocycles. The maximum atomic E-state index is 5.79. The first-order chi connectivity index (χ1) is 14.7. The fraction of sp³-hybridized carbons (Fsp3) is 0.120. The van der Waals surface area contributed by atoms with E-state index in [-0.39, 0.29) is 12.1 Å². The minimum absolute atomic E-state index is 0.0000633. The minimum Gasteiger partial charge on any atom is -0.351 e. The summed E-state index contributed by atoms with van der Waals surface area (Å²) in [5, 5.41) is 4.23. The second kappa shape index (κ2) is 7.76. The van der Waals surface area contributed by atoms with Crippen molar-refractivity contribution in [1.82, 2.24) is 14.9 Å². The summed E-state index contributed by atoms with van der Waals surface area (Å²) in [6.45, 7) is 2.10. The number of thiocarbonyl (C=S) groups is 1. The summed E-state index contributed by atoms with van der Waals surface area (Å²) in [5.74, 6) is 0. The van der Waals surface area contributed by atoms with Crippen molar-refractivity contribution < 1.29 is 0 Å². The molecule has 0 bridgehead atoms. The van der Waals surface area contributed by atoms with E-state index < -0.39 is 0 Å². The number of aryl methyl sites for hydroxylation is 1. The van der Waals surface area contributed by atoms with E-state index in [1.54, 1.807) is 0 Å². The molecular weight excluding hydrogens is 388 g/mol. The SMILES string of the molecule is Cc1ccc(N2C(=S)N[C@@H](c3ccccn3)[C@@H]2c2ccn(-c3ccccc3)c2)cc1. The number of hydrogen-bond donors (Lipinski definition) is 1. The highest BCUT2D eigenvalue weighted by molar-refractivity contribution is 7.80. The van der Waals surface area contributed by atoms with Crippen LogP contribution in [0.3, 0.4) is 0 Å². The van der Waals surface area contributed by atoms with Crippen LogP contribution in [0.2, 0.25) is 0 Å². The number of aromatic nitrogens is 2. The predicted molar refractivity (Wildman–Crippen MR) is 125 cm³/mol. The number of nitrogens with zero attached hydrogens (tertiary/aromatic N) is 3. The van der Waals surface area contributed by atoms with Gasteiger partial charge in [0, 0.05) is 30.0 Å². The van der Waals surface area contributed by atoms with E-state index in [0.717, 1.165) is 17.1 Å². The number of anilines is 1. The number of pyridine rings is 1. The third-order valence-corrected chi connectivity index (χ3v) is 5.84. The molecule has 4 aromatic rings. The van der Waals surface area contributed by atoms with Crippen LogP contribution >= 0.6 is 12.2 Å². The molecule has 0 spiro atoms. The molecule has 1 aliphatic heterocycles. The molecule has 0 amide bonds. The Morgan fingerprint density at radius 3 is 2.37 bits per heavy atom. The van der Waals surface area contributed by atoms with Crippen molar-refractivity contribution in [3.8, 4) is 5.69 Å². The Hall–Kier alpha value is -3.44. The molecule has 0 aliphatic carbocycles. The highest BCUT2D eigenvalue weighted by Crippen LogP contribution is 2.41. The topological polar surface area (TPSA) is 33.1 Å². The standard InChI is InChI=1S/C25H22N4S/c1-18-10-12-21(13-11-18)29-24(23(27-25(29)30)22-9-5-6-15-26-22)19-14-16-28(17-19)20-7-3-2-4-8-20/h2-17,23-24H,1H3,(H,27,30)/t23-,24-/m0/s1. The molecule has 0 radical (unpaired) electrons. The Labute approximate surface area is 181 Å². The maximum Gasteiger partial charge on any atom is 0.174 e. The van der Waals surface area contributed by atoms with Crippen LogP contribution in [0, 0.1) is 6.92 Å². The van der Waals surface area contributed by atoms with Crippen LogP contribution in [0.5, 0.6) is 0 Å². The van der Waals surface area contributed by atoms with Crippen molar-refractivity contribution in [1.29, 1.82) is 0 Å². The van der Waals surface area contributed by atoms with Crippen molar-refractivity contribution in [2.75, 3.05) is 4.90 Å². The Morgan fingerprint density at radius 1 is 0.867 bits per heavy atom. The van der Waals surface area contributed by atoms with Gasteiger partial charge in [-0.25, -0.2) is 0 Å². The minimum atomic E-state index is -0.0355. The van der Waals surface area contributed by atoms with Crippen LogP contribution in [-0.4, -0.2) is 14.7 Å². The summed E-state index contributed by atoms with van der Waals surface area (Å²) in [6.07, 6.45) is 6.13. The van der Waals surface area contributed by atoms with E-state index in [9.17, 15) is 0 Å². The molecule has 1 N–H and O–H groups in total. The third-order valence-electron chi connectivity index (χ3n) is 5.52. The van der Waals surface area contributed by atoms with Gasteiger partial charge in [-0.1, -0.05) is 42.0 Å². The van der Waals surface area contributed by atoms with Gasteiger partial charge in [-0.3, -0.25) is 4.98 Å². The smallest absolute Gasteiger partial charge is 0.174 e. The van der Waals surface area contributed by atoms with E-state index in [1.165, 1.54) is 11.1 Å². The summed E-state index contributed by atoms with van der Waals surface area (Å²) in [4.78, 5) is 6.83. The van der Waals surface area contributed by atoms with Gasteiger partial charge in [-0.15, -0.1) is 0 Å². The Balaban J connectivity index is 1.60. The summed E-state index contributed by atoms with van der Waals surface area (Å²) >= 11 is 5.79. The fourth-order valence-corrected chi connectivity index (χ4v) is 4.37. The molecule has 0 unspecified atom stereocenters. The van der Waals surface area contributed by atoms with Crippen molar-refractivity contribution in [3.63, 3.8) is 0 Å². The Bertz CT molecular complexity index is 1150. The van der Waals surface area contributed by atoms with Gasteiger partial charge in [0.1, 0.15) is 0 Å². The number of para-hydroxylation sites is 1. The van der Waals surface area contributed by atoms with Gasteiger partial charge >= 0.3 is 0 Å². The molecule has 1 saturated heterocycles. The highest BCUT2D eigenvalue weighted by Gasteiger charge is 2.41. The van der Waals surface area contributed by atoms with Crippen molar-refractivity contribution >= 4 is 23.0 Å². The monoisotopic (exact) mass is 410 g/mol. The summed E-state index contributed by atoms with van der Waals surface area (Å²) in [5.41, 5.74) is 5.60. The zero-order valence-electron chi connectivity index (χ0n) is 16.6. The summed E-state index contributed by atoms with van der Waals surface area (Å²) in [6, 6.07) is 27.0. The average Bonchev–Trinajstić information content (AvgIpc) is 3.40. The lowest BCUT2D eigenvalue weighted by Gasteiger charge is -2.27.